The van der Waals surface area contributed by atoms with Gasteiger partial charge in [0.05, 0.1) is 4.92 Å². The Kier molecular flexibility index (Phi) is 9.74. The normalized spacial score (nSPS) is 15.0. The number of likely N-dealkylation sites (tertiary alicyclic amines) is 1. The minimum atomic E-state index is -0.409. The lowest BCUT2D eigenvalue weighted by Gasteiger charge is -2.20. The third-order valence-corrected chi connectivity index (χ3v) is 4.70. The zero-order valence-corrected chi connectivity index (χ0v) is 17.2. The molecule has 0 aliphatic carbocycles. The van der Waals surface area contributed by atoms with Gasteiger partial charge in [-0.25, -0.2) is 0 Å². The number of nitro groups is 1. The van der Waals surface area contributed by atoms with E-state index in [0.29, 0.717) is 26.1 Å². The van der Waals surface area contributed by atoms with E-state index in [2.05, 4.69) is 20.9 Å². The smallest absolute Gasteiger partial charge is 0.269 e. The van der Waals surface area contributed by atoms with Crippen LogP contribution in [0.1, 0.15) is 39.0 Å². The molecule has 1 aromatic carbocycles. The molecule has 1 saturated heterocycles. The summed E-state index contributed by atoms with van der Waals surface area (Å²) in [7, 11) is 0. The molecule has 1 amide bonds. The molecule has 1 fully saturated rings. The Labute approximate surface area is 172 Å². The Bertz CT molecular complexity index is 677. The van der Waals surface area contributed by atoms with Crippen LogP contribution in [-0.2, 0) is 4.79 Å². The Morgan fingerprint density at radius 3 is 2.69 bits per heavy atom. The molecule has 0 radical (unpaired) electrons. The SMILES string of the molecule is CCNC(=NCCCN1CCCCCC1=O)NCCNc1ccc([N+](=O)[O-])cc1. The first-order valence-electron chi connectivity index (χ1n) is 10.4. The molecule has 0 saturated carbocycles. The number of nitrogens with one attached hydrogen (secondary N) is 3. The van der Waals surface area contributed by atoms with Crippen LogP contribution in [-0.4, -0.2) is 61.0 Å². The van der Waals surface area contributed by atoms with Crippen molar-refractivity contribution in [3.05, 3.63) is 34.4 Å². The van der Waals surface area contributed by atoms with Gasteiger partial charge in [-0.1, -0.05) is 6.42 Å². The molecule has 0 bridgehead atoms. The molecule has 160 valence electrons. The second-order valence-corrected chi connectivity index (χ2v) is 6.96. The monoisotopic (exact) mass is 404 g/mol. The van der Waals surface area contributed by atoms with E-state index in [-0.39, 0.29) is 11.6 Å². The number of carbonyl (C=O) groups excluding carboxylic acids is 1. The number of non-ortho nitro benzene ring substituents is 1. The van der Waals surface area contributed by atoms with Crippen LogP contribution in [0.4, 0.5) is 11.4 Å². The summed E-state index contributed by atoms with van der Waals surface area (Å²) in [6, 6.07) is 6.36. The van der Waals surface area contributed by atoms with Crippen LogP contribution in [0.2, 0.25) is 0 Å². The molecule has 1 heterocycles. The van der Waals surface area contributed by atoms with Crippen LogP contribution in [0, 0.1) is 10.1 Å². The molecule has 9 nitrogen and oxygen atoms in total. The van der Waals surface area contributed by atoms with Gasteiger partial charge in [-0.15, -0.1) is 0 Å². The minimum absolute atomic E-state index is 0.0807. The van der Waals surface area contributed by atoms with Gasteiger partial charge in [-0.05, 0) is 38.3 Å². The van der Waals surface area contributed by atoms with Gasteiger partial charge in [-0.2, -0.15) is 0 Å². The maximum atomic E-state index is 12.0. The molecular weight excluding hydrogens is 372 g/mol. The molecule has 0 unspecified atom stereocenters. The maximum absolute atomic E-state index is 12.0. The number of guanidine groups is 1. The summed E-state index contributed by atoms with van der Waals surface area (Å²) in [6.45, 7) is 6.40. The van der Waals surface area contributed by atoms with E-state index in [1.807, 2.05) is 11.8 Å². The van der Waals surface area contributed by atoms with Gasteiger partial charge in [0, 0.05) is 63.5 Å². The topological polar surface area (TPSA) is 112 Å². The highest BCUT2D eigenvalue weighted by atomic mass is 16.6. The van der Waals surface area contributed by atoms with E-state index in [9.17, 15) is 14.9 Å². The highest BCUT2D eigenvalue weighted by molar-refractivity contribution is 5.79. The van der Waals surface area contributed by atoms with Gasteiger partial charge in [0.25, 0.3) is 5.69 Å². The first kappa shape index (κ1) is 22.4. The molecular formula is C20H32N6O3. The lowest BCUT2D eigenvalue weighted by molar-refractivity contribution is -0.384. The highest BCUT2D eigenvalue weighted by Crippen LogP contribution is 2.15. The van der Waals surface area contributed by atoms with E-state index in [0.717, 1.165) is 57.0 Å². The molecule has 0 spiro atoms. The first-order chi connectivity index (χ1) is 14.1. The first-order valence-corrected chi connectivity index (χ1v) is 10.4. The van der Waals surface area contributed by atoms with E-state index >= 15 is 0 Å². The fraction of sp³-hybridized carbons (Fsp3) is 0.600. The fourth-order valence-corrected chi connectivity index (χ4v) is 3.16. The quantitative estimate of drug-likeness (QED) is 0.181. The fourth-order valence-electron chi connectivity index (χ4n) is 3.16. The van der Waals surface area contributed by atoms with Crippen molar-refractivity contribution >= 4 is 23.2 Å². The molecule has 1 aliphatic rings. The molecule has 1 aromatic rings. The van der Waals surface area contributed by atoms with E-state index in [4.69, 9.17) is 0 Å². The zero-order chi connectivity index (χ0) is 20.9. The van der Waals surface area contributed by atoms with E-state index in [1.165, 1.54) is 12.1 Å². The predicted molar refractivity (Wildman–Crippen MR) is 115 cm³/mol. The third-order valence-electron chi connectivity index (χ3n) is 4.70. The van der Waals surface area contributed by atoms with Crippen molar-refractivity contribution in [2.24, 2.45) is 4.99 Å². The average molecular weight is 405 g/mol. The summed E-state index contributed by atoms with van der Waals surface area (Å²) in [5.41, 5.74) is 0.915. The van der Waals surface area contributed by atoms with Crippen LogP contribution < -0.4 is 16.0 Å². The van der Waals surface area contributed by atoms with Crippen molar-refractivity contribution in [2.45, 2.75) is 39.0 Å². The van der Waals surface area contributed by atoms with Gasteiger partial charge in [0.15, 0.2) is 5.96 Å². The molecule has 0 atom stereocenters. The second kappa shape index (κ2) is 12.6. The summed E-state index contributed by atoms with van der Waals surface area (Å²) in [5.74, 6) is 1.02. The van der Waals surface area contributed by atoms with E-state index < -0.39 is 4.92 Å². The number of hydrogen-bond donors (Lipinski definition) is 3. The number of rotatable bonds is 10. The van der Waals surface area contributed by atoms with Crippen LogP contribution in [0.3, 0.4) is 0 Å². The largest absolute Gasteiger partial charge is 0.383 e. The van der Waals surface area contributed by atoms with Gasteiger partial charge >= 0.3 is 0 Å². The summed E-state index contributed by atoms with van der Waals surface area (Å²) < 4.78 is 0. The molecule has 3 N–H and O–H groups in total. The lowest BCUT2D eigenvalue weighted by Crippen LogP contribution is -2.39. The van der Waals surface area contributed by atoms with Crippen LogP contribution in [0.15, 0.2) is 29.3 Å². The molecule has 1 aliphatic heterocycles. The summed E-state index contributed by atoms with van der Waals surface area (Å²) >= 11 is 0. The third kappa shape index (κ3) is 8.37. The molecule has 0 aromatic heterocycles. The second-order valence-electron chi connectivity index (χ2n) is 6.96. The van der Waals surface area contributed by atoms with Gasteiger partial charge in [0.2, 0.25) is 5.91 Å². The van der Waals surface area contributed by atoms with Crippen molar-refractivity contribution < 1.29 is 9.72 Å². The number of nitrogens with zero attached hydrogens (tertiary/aromatic N) is 3. The Morgan fingerprint density at radius 2 is 1.97 bits per heavy atom. The number of nitro benzene ring substituents is 1. The zero-order valence-electron chi connectivity index (χ0n) is 17.2. The highest BCUT2D eigenvalue weighted by Gasteiger charge is 2.15. The van der Waals surface area contributed by atoms with Crippen molar-refractivity contribution in [3.8, 4) is 0 Å². The molecule has 9 heteroatoms. The van der Waals surface area contributed by atoms with Crippen LogP contribution in [0.25, 0.3) is 0 Å². The van der Waals surface area contributed by atoms with Crippen molar-refractivity contribution in [2.75, 3.05) is 44.6 Å². The summed E-state index contributed by atoms with van der Waals surface area (Å²) in [4.78, 5) is 28.8. The van der Waals surface area contributed by atoms with E-state index in [1.54, 1.807) is 12.1 Å². The molecule has 2 rings (SSSR count). The van der Waals surface area contributed by atoms with Crippen LogP contribution >= 0.6 is 0 Å². The minimum Gasteiger partial charge on any atom is -0.383 e. The lowest BCUT2D eigenvalue weighted by atomic mass is 10.2. The maximum Gasteiger partial charge on any atom is 0.269 e. The van der Waals surface area contributed by atoms with Crippen molar-refractivity contribution in [3.63, 3.8) is 0 Å². The van der Waals surface area contributed by atoms with Crippen molar-refractivity contribution in [1.82, 2.24) is 15.5 Å². The van der Waals surface area contributed by atoms with Crippen LogP contribution in [0.5, 0.6) is 0 Å². The Balaban J connectivity index is 1.68. The van der Waals surface area contributed by atoms with Gasteiger partial charge < -0.3 is 20.9 Å². The number of anilines is 1. The summed E-state index contributed by atoms with van der Waals surface area (Å²) in [6.07, 6.45) is 4.78. The number of aliphatic imine (C=N–C) groups is 1. The number of amides is 1. The van der Waals surface area contributed by atoms with Gasteiger partial charge in [-0.3, -0.25) is 19.9 Å². The average Bonchev–Trinajstić information content (AvgIpc) is 2.92. The summed E-state index contributed by atoms with van der Waals surface area (Å²) in [5, 5.41) is 20.4. The van der Waals surface area contributed by atoms with Crippen molar-refractivity contribution in [1.29, 1.82) is 0 Å². The Morgan fingerprint density at radius 1 is 1.17 bits per heavy atom. The Hall–Kier alpha value is -2.84. The number of hydrogen-bond acceptors (Lipinski definition) is 5. The number of benzene rings is 1. The standard InChI is InChI=1S/C20H32N6O3/c1-2-21-20(23-12-6-16-25-15-5-3-4-7-19(25)27)24-14-13-22-17-8-10-18(11-9-17)26(28)29/h8-11,22H,2-7,12-16H2,1H3,(H2,21,23,24). The predicted octanol–water partition coefficient (Wildman–Crippen LogP) is 2.35. The van der Waals surface area contributed by atoms with Gasteiger partial charge in [0.1, 0.15) is 0 Å². The molecule has 29 heavy (non-hydrogen) atoms. The number of carbonyl (C=O) groups is 1.